The number of aliphatic hydroxyl groups is 1. The summed E-state index contributed by atoms with van der Waals surface area (Å²) in [5, 5.41) is 12.8. The molecule has 0 aromatic heterocycles. The highest BCUT2D eigenvalue weighted by atomic mass is 35.5. The van der Waals surface area contributed by atoms with Crippen LogP contribution in [0.4, 0.5) is 0 Å². The molecular weight excluding hydrogens is 314 g/mol. The van der Waals surface area contributed by atoms with Crippen molar-refractivity contribution in [3.8, 4) is 5.75 Å². The number of halogens is 1. The second-order valence-corrected chi connectivity index (χ2v) is 5.69. The number of hydrogen-bond acceptors (Lipinski definition) is 3. The summed E-state index contributed by atoms with van der Waals surface area (Å²) in [5.74, 6) is 0.528. The van der Waals surface area contributed by atoms with Crippen molar-refractivity contribution in [1.82, 2.24) is 5.32 Å². The van der Waals surface area contributed by atoms with Crippen LogP contribution in [-0.4, -0.2) is 17.6 Å². The molecule has 3 rings (SSSR count). The maximum atomic E-state index is 12.3. The van der Waals surface area contributed by atoms with Gasteiger partial charge < -0.3 is 15.2 Å². The van der Waals surface area contributed by atoms with E-state index >= 15 is 0 Å². The molecule has 118 valence electrons. The average molecular weight is 330 g/mol. The summed E-state index contributed by atoms with van der Waals surface area (Å²) < 4.78 is 5.58. The minimum Gasteiger partial charge on any atom is -0.488 e. The van der Waals surface area contributed by atoms with E-state index < -0.39 is 0 Å². The van der Waals surface area contributed by atoms with Crippen LogP contribution in [0.15, 0.2) is 48.0 Å². The number of rotatable bonds is 4. The minimum atomic E-state index is -0.191. The second-order valence-electron chi connectivity index (χ2n) is 5.25. The molecular formula is C18H16ClNO3. The molecule has 0 saturated heterocycles. The van der Waals surface area contributed by atoms with E-state index in [1.807, 2.05) is 24.3 Å². The molecule has 0 bridgehead atoms. The van der Waals surface area contributed by atoms with Crippen LogP contribution in [0.2, 0.25) is 5.02 Å². The lowest BCUT2D eigenvalue weighted by Crippen LogP contribution is -2.28. The van der Waals surface area contributed by atoms with Crippen molar-refractivity contribution in [3.63, 3.8) is 0 Å². The summed E-state index contributed by atoms with van der Waals surface area (Å²) in [6, 6.07) is 12.8. The van der Waals surface area contributed by atoms with Crippen molar-refractivity contribution < 1.29 is 14.6 Å². The SMILES string of the molecule is O=C(NCc1ccccc1CO)C1=Cc2cc(Cl)ccc2OC1. The van der Waals surface area contributed by atoms with Gasteiger partial charge in [-0.05, 0) is 35.4 Å². The zero-order valence-corrected chi connectivity index (χ0v) is 13.1. The van der Waals surface area contributed by atoms with Gasteiger partial charge in [0.2, 0.25) is 0 Å². The summed E-state index contributed by atoms with van der Waals surface area (Å²) in [6.07, 6.45) is 1.79. The predicted molar refractivity (Wildman–Crippen MR) is 89.1 cm³/mol. The zero-order chi connectivity index (χ0) is 16.2. The first-order valence-electron chi connectivity index (χ1n) is 7.26. The van der Waals surface area contributed by atoms with Crippen molar-refractivity contribution >= 4 is 23.6 Å². The van der Waals surface area contributed by atoms with Gasteiger partial charge in [0.25, 0.3) is 5.91 Å². The van der Waals surface area contributed by atoms with Crippen molar-refractivity contribution in [3.05, 3.63) is 69.8 Å². The van der Waals surface area contributed by atoms with Crippen LogP contribution in [0.5, 0.6) is 5.75 Å². The van der Waals surface area contributed by atoms with E-state index in [0.29, 0.717) is 17.1 Å². The Bertz CT molecular complexity index is 771. The molecule has 23 heavy (non-hydrogen) atoms. The van der Waals surface area contributed by atoms with Crippen LogP contribution in [0.25, 0.3) is 6.08 Å². The molecule has 0 spiro atoms. The van der Waals surface area contributed by atoms with Crippen LogP contribution in [0, 0.1) is 0 Å². The Morgan fingerprint density at radius 2 is 2.00 bits per heavy atom. The number of carbonyl (C=O) groups is 1. The third-order valence-corrected chi connectivity index (χ3v) is 3.94. The van der Waals surface area contributed by atoms with Gasteiger partial charge in [0.05, 0.1) is 12.2 Å². The highest BCUT2D eigenvalue weighted by Gasteiger charge is 2.17. The molecule has 1 aliphatic rings. The van der Waals surface area contributed by atoms with Gasteiger partial charge in [-0.15, -0.1) is 0 Å². The number of aliphatic hydroxyl groups excluding tert-OH is 1. The van der Waals surface area contributed by atoms with E-state index in [1.54, 1.807) is 24.3 Å². The number of benzene rings is 2. The lowest BCUT2D eigenvalue weighted by molar-refractivity contribution is -0.117. The Balaban J connectivity index is 1.72. The maximum absolute atomic E-state index is 12.3. The van der Waals surface area contributed by atoms with Gasteiger partial charge in [-0.25, -0.2) is 0 Å². The molecule has 2 N–H and O–H groups in total. The molecule has 1 amide bonds. The molecule has 0 aliphatic carbocycles. The van der Waals surface area contributed by atoms with Crippen LogP contribution in [0.3, 0.4) is 0 Å². The third-order valence-electron chi connectivity index (χ3n) is 3.70. The van der Waals surface area contributed by atoms with Crippen LogP contribution >= 0.6 is 11.6 Å². The van der Waals surface area contributed by atoms with Gasteiger partial charge in [-0.1, -0.05) is 35.9 Å². The molecule has 5 heteroatoms. The standard InChI is InChI=1S/C18H16ClNO3/c19-16-5-6-17-14(8-16)7-15(11-23-17)18(22)20-9-12-3-1-2-4-13(12)10-21/h1-8,21H,9-11H2,(H,20,22). The number of fused-ring (bicyclic) bond motifs is 1. The molecule has 0 radical (unpaired) electrons. The topological polar surface area (TPSA) is 58.6 Å². The molecule has 4 nitrogen and oxygen atoms in total. The fourth-order valence-corrected chi connectivity index (χ4v) is 2.63. The molecule has 0 unspecified atom stereocenters. The summed E-state index contributed by atoms with van der Waals surface area (Å²) in [5.41, 5.74) is 3.04. The normalized spacial score (nSPS) is 12.9. The number of amides is 1. The first kappa shape index (κ1) is 15.6. The van der Waals surface area contributed by atoms with Gasteiger partial charge in [0.1, 0.15) is 12.4 Å². The molecule has 1 aliphatic heterocycles. The summed E-state index contributed by atoms with van der Waals surface area (Å²) >= 11 is 5.97. The van der Waals surface area contributed by atoms with Gasteiger partial charge in [0, 0.05) is 17.1 Å². The van der Waals surface area contributed by atoms with Gasteiger partial charge in [-0.2, -0.15) is 0 Å². The fraction of sp³-hybridized carbons (Fsp3) is 0.167. The first-order chi connectivity index (χ1) is 11.2. The predicted octanol–water partition coefficient (Wildman–Crippen LogP) is 2.92. The lowest BCUT2D eigenvalue weighted by atomic mass is 10.1. The number of hydrogen-bond donors (Lipinski definition) is 2. The van der Waals surface area contributed by atoms with E-state index in [-0.39, 0.29) is 19.1 Å². The Labute approximate surface area is 139 Å². The monoisotopic (exact) mass is 329 g/mol. The molecule has 0 atom stereocenters. The zero-order valence-electron chi connectivity index (χ0n) is 12.4. The Kier molecular flexibility index (Phi) is 4.65. The minimum absolute atomic E-state index is 0.0519. The van der Waals surface area contributed by atoms with Crippen LogP contribution < -0.4 is 10.1 Å². The quantitative estimate of drug-likeness (QED) is 0.906. The van der Waals surface area contributed by atoms with Crippen molar-refractivity contribution in [2.75, 3.05) is 6.61 Å². The molecule has 2 aromatic rings. The maximum Gasteiger partial charge on any atom is 0.250 e. The Morgan fingerprint density at radius 1 is 1.22 bits per heavy atom. The number of carbonyl (C=O) groups excluding carboxylic acids is 1. The third kappa shape index (κ3) is 3.55. The number of ether oxygens (including phenoxy) is 1. The molecule has 0 fully saturated rings. The molecule has 1 heterocycles. The summed E-state index contributed by atoms with van der Waals surface area (Å²) in [4.78, 5) is 12.3. The van der Waals surface area contributed by atoms with E-state index in [2.05, 4.69) is 5.32 Å². The van der Waals surface area contributed by atoms with Gasteiger partial charge >= 0.3 is 0 Å². The van der Waals surface area contributed by atoms with E-state index in [1.165, 1.54) is 0 Å². The van der Waals surface area contributed by atoms with Crippen molar-refractivity contribution in [2.45, 2.75) is 13.2 Å². The average Bonchev–Trinajstić information content (AvgIpc) is 2.59. The lowest BCUT2D eigenvalue weighted by Gasteiger charge is -2.18. The highest BCUT2D eigenvalue weighted by Crippen LogP contribution is 2.29. The van der Waals surface area contributed by atoms with E-state index in [9.17, 15) is 9.90 Å². The van der Waals surface area contributed by atoms with Crippen molar-refractivity contribution in [2.24, 2.45) is 0 Å². The molecule has 2 aromatic carbocycles. The highest BCUT2D eigenvalue weighted by molar-refractivity contribution is 6.30. The smallest absolute Gasteiger partial charge is 0.250 e. The Hall–Kier alpha value is -2.30. The second kappa shape index (κ2) is 6.86. The fourth-order valence-electron chi connectivity index (χ4n) is 2.45. The van der Waals surface area contributed by atoms with Crippen LogP contribution in [-0.2, 0) is 17.9 Å². The first-order valence-corrected chi connectivity index (χ1v) is 7.64. The van der Waals surface area contributed by atoms with Crippen LogP contribution in [0.1, 0.15) is 16.7 Å². The van der Waals surface area contributed by atoms with Crippen molar-refractivity contribution in [1.29, 1.82) is 0 Å². The largest absolute Gasteiger partial charge is 0.488 e. The Morgan fingerprint density at radius 3 is 2.78 bits per heavy atom. The summed E-state index contributed by atoms with van der Waals surface area (Å²) in [7, 11) is 0. The summed E-state index contributed by atoms with van der Waals surface area (Å²) in [6.45, 7) is 0.529. The van der Waals surface area contributed by atoms with E-state index in [4.69, 9.17) is 16.3 Å². The molecule has 0 saturated carbocycles. The van der Waals surface area contributed by atoms with E-state index in [0.717, 1.165) is 22.4 Å². The number of nitrogens with one attached hydrogen (secondary N) is 1. The van der Waals surface area contributed by atoms with Gasteiger partial charge in [0.15, 0.2) is 0 Å². The van der Waals surface area contributed by atoms with Gasteiger partial charge in [-0.3, -0.25) is 4.79 Å².